The van der Waals surface area contributed by atoms with Gasteiger partial charge in [-0.05, 0) is 19.0 Å². The van der Waals surface area contributed by atoms with Crippen LogP contribution in [0, 0.1) is 0 Å². The first kappa shape index (κ1) is 27.5. The highest BCUT2D eigenvalue weighted by molar-refractivity contribution is 4.82. The molecular formula is C25H51NO2. The van der Waals surface area contributed by atoms with E-state index in [-0.39, 0.29) is 13.2 Å². The molecule has 0 aromatic carbocycles. The number of allylic oxidation sites excluding steroid dienone is 1. The third kappa shape index (κ3) is 21.8. The van der Waals surface area contributed by atoms with Crippen LogP contribution in [-0.2, 0) is 0 Å². The fourth-order valence-corrected chi connectivity index (χ4v) is 3.73. The highest BCUT2D eigenvalue weighted by atomic mass is 16.3. The molecule has 0 aliphatic rings. The summed E-state index contributed by atoms with van der Waals surface area (Å²) >= 11 is 0. The quantitative estimate of drug-likeness (QED) is 0.186. The summed E-state index contributed by atoms with van der Waals surface area (Å²) < 4.78 is 0. The van der Waals surface area contributed by atoms with Crippen molar-refractivity contribution in [2.75, 3.05) is 26.3 Å². The maximum absolute atomic E-state index is 8.96. The Morgan fingerprint density at radius 2 is 0.893 bits per heavy atom. The first-order valence-electron chi connectivity index (χ1n) is 12.5. The number of hydrogen-bond donors (Lipinski definition) is 2. The van der Waals surface area contributed by atoms with Gasteiger partial charge in [-0.15, -0.1) is 0 Å². The summed E-state index contributed by atoms with van der Waals surface area (Å²) in [7, 11) is 0. The third-order valence-electron chi connectivity index (χ3n) is 5.56. The molecule has 0 atom stereocenters. The summed E-state index contributed by atoms with van der Waals surface area (Å²) in [6.45, 7) is 3.79. The van der Waals surface area contributed by atoms with Crippen LogP contribution in [0.3, 0.4) is 0 Å². The van der Waals surface area contributed by atoms with E-state index >= 15 is 0 Å². The highest BCUT2D eigenvalue weighted by Crippen LogP contribution is 2.14. The third-order valence-corrected chi connectivity index (χ3v) is 5.56. The Labute approximate surface area is 176 Å². The molecule has 3 heteroatoms. The van der Waals surface area contributed by atoms with Crippen LogP contribution in [0.1, 0.15) is 122 Å². The van der Waals surface area contributed by atoms with Crippen molar-refractivity contribution in [1.29, 1.82) is 0 Å². The molecule has 0 saturated heterocycles. The maximum atomic E-state index is 8.96. The summed E-state index contributed by atoms with van der Waals surface area (Å²) in [6.07, 6.45) is 29.3. The standard InChI is InChI=1S/C25H51NO2/c1-2-3-4-5-6-7-8-9-10-11-12-13-14-15-16-17-18-19-20-21-26(22-24-27)23-25-28/h20-21,27-28H,2-19,22-25H2,1H3. The molecule has 3 nitrogen and oxygen atoms in total. The number of aliphatic hydroxyl groups excluding tert-OH is 2. The summed E-state index contributed by atoms with van der Waals surface area (Å²) in [6, 6.07) is 0. The van der Waals surface area contributed by atoms with Gasteiger partial charge >= 0.3 is 0 Å². The zero-order chi connectivity index (χ0) is 20.5. The van der Waals surface area contributed by atoms with E-state index in [0.717, 1.165) is 6.42 Å². The van der Waals surface area contributed by atoms with Gasteiger partial charge in [0.05, 0.1) is 13.2 Å². The van der Waals surface area contributed by atoms with E-state index in [1.165, 1.54) is 109 Å². The van der Waals surface area contributed by atoms with E-state index < -0.39 is 0 Å². The molecular weight excluding hydrogens is 346 g/mol. The van der Waals surface area contributed by atoms with E-state index in [1.807, 2.05) is 11.1 Å². The summed E-state index contributed by atoms with van der Waals surface area (Å²) in [5.74, 6) is 0. The first-order valence-corrected chi connectivity index (χ1v) is 12.5. The van der Waals surface area contributed by atoms with Crippen LogP contribution in [0.25, 0.3) is 0 Å². The van der Waals surface area contributed by atoms with Crippen molar-refractivity contribution in [3.8, 4) is 0 Å². The smallest absolute Gasteiger partial charge is 0.0606 e. The second-order valence-corrected chi connectivity index (χ2v) is 8.31. The molecule has 2 N–H and O–H groups in total. The molecule has 0 spiro atoms. The van der Waals surface area contributed by atoms with Gasteiger partial charge in [0.15, 0.2) is 0 Å². The van der Waals surface area contributed by atoms with E-state index in [2.05, 4.69) is 13.0 Å². The highest BCUT2D eigenvalue weighted by Gasteiger charge is 1.97. The molecule has 168 valence electrons. The van der Waals surface area contributed by atoms with Crippen LogP contribution in [0.2, 0.25) is 0 Å². The average Bonchev–Trinajstić information content (AvgIpc) is 2.70. The second kappa shape index (κ2) is 24.5. The lowest BCUT2D eigenvalue weighted by molar-refractivity contribution is 0.198. The predicted molar refractivity (Wildman–Crippen MR) is 124 cm³/mol. The van der Waals surface area contributed by atoms with Crippen molar-refractivity contribution >= 4 is 0 Å². The molecule has 0 aromatic rings. The number of rotatable bonds is 23. The largest absolute Gasteiger partial charge is 0.395 e. The molecule has 0 heterocycles. The fraction of sp³-hybridized carbons (Fsp3) is 0.920. The first-order chi connectivity index (χ1) is 13.8. The van der Waals surface area contributed by atoms with Gasteiger partial charge in [-0.2, -0.15) is 0 Å². The van der Waals surface area contributed by atoms with Crippen molar-refractivity contribution in [3.63, 3.8) is 0 Å². The minimum atomic E-state index is 0.142. The van der Waals surface area contributed by atoms with E-state index in [1.54, 1.807) is 0 Å². The molecule has 0 aliphatic carbocycles. The number of aliphatic hydroxyl groups is 2. The lowest BCUT2D eigenvalue weighted by Crippen LogP contribution is -2.24. The predicted octanol–water partition coefficient (Wildman–Crippen LogP) is 6.83. The summed E-state index contributed by atoms with van der Waals surface area (Å²) in [4.78, 5) is 1.98. The zero-order valence-corrected chi connectivity index (χ0v) is 19.1. The van der Waals surface area contributed by atoms with E-state index in [0.29, 0.717) is 13.1 Å². The van der Waals surface area contributed by atoms with Gasteiger partial charge in [-0.1, -0.05) is 116 Å². The monoisotopic (exact) mass is 397 g/mol. The minimum Gasteiger partial charge on any atom is -0.395 e. The van der Waals surface area contributed by atoms with Crippen LogP contribution in [-0.4, -0.2) is 41.4 Å². The normalized spacial score (nSPS) is 11.5. The molecule has 28 heavy (non-hydrogen) atoms. The van der Waals surface area contributed by atoms with Crippen LogP contribution >= 0.6 is 0 Å². The zero-order valence-electron chi connectivity index (χ0n) is 19.1. The van der Waals surface area contributed by atoms with Gasteiger partial charge in [0.25, 0.3) is 0 Å². The second-order valence-electron chi connectivity index (χ2n) is 8.31. The van der Waals surface area contributed by atoms with Crippen LogP contribution in [0.4, 0.5) is 0 Å². The lowest BCUT2D eigenvalue weighted by Gasteiger charge is -2.17. The molecule has 0 aliphatic heterocycles. The van der Waals surface area contributed by atoms with Gasteiger partial charge in [-0.3, -0.25) is 0 Å². The number of hydrogen-bond acceptors (Lipinski definition) is 3. The Morgan fingerprint density at radius 1 is 0.536 bits per heavy atom. The van der Waals surface area contributed by atoms with Gasteiger partial charge < -0.3 is 15.1 Å². The average molecular weight is 398 g/mol. The SMILES string of the molecule is CCCCCCCCCCCCCCCCCCCC=CN(CCO)CCO. The Balaban J connectivity index is 3.19. The molecule has 0 rings (SSSR count). The summed E-state index contributed by atoms with van der Waals surface area (Å²) in [5.41, 5.74) is 0. The number of unbranched alkanes of at least 4 members (excludes halogenated alkanes) is 17. The molecule has 0 radical (unpaired) electrons. The van der Waals surface area contributed by atoms with Crippen molar-refractivity contribution in [2.45, 2.75) is 122 Å². The molecule has 0 unspecified atom stereocenters. The Bertz CT molecular complexity index is 301. The summed E-state index contributed by atoms with van der Waals surface area (Å²) in [5, 5.41) is 17.9. The lowest BCUT2D eigenvalue weighted by atomic mass is 10.0. The van der Waals surface area contributed by atoms with Crippen molar-refractivity contribution in [1.82, 2.24) is 4.90 Å². The van der Waals surface area contributed by atoms with Crippen LogP contribution in [0.5, 0.6) is 0 Å². The molecule has 0 saturated carbocycles. The van der Waals surface area contributed by atoms with Gasteiger partial charge in [0, 0.05) is 13.1 Å². The van der Waals surface area contributed by atoms with E-state index in [9.17, 15) is 0 Å². The fourth-order valence-electron chi connectivity index (χ4n) is 3.73. The molecule has 0 fully saturated rings. The van der Waals surface area contributed by atoms with Crippen LogP contribution in [0.15, 0.2) is 12.3 Å². The Hall–Kier alpha value is -0.540. The van der Waals surface area contributed by atoms with Crippen molar-refractivity contribution in [2.24, 2.45) is 0 Å². The maximum Gasteiger partial charge on any atom is 0.0606 e. The Kier molecular flexibility index (Phi) is 24.0. The number of nitrogens with zero attached hydrogens (tertiary/aromatic N) is 1. The topological polar surface area (TPSA) is 43.7 Å². The van der Waals surface area contributed by atoms with Crippen molar-refractivity contribution in [3.05, 3.63) is 12.3 Å². The molecule has 0 aromatic heterocycles. The minimum absolute atomic E-state index is 0.142. The van der Waals surface area contributed by atoms with E-state index in [4.69, 9.17) is 10.2 Å². The van der Waals surface area contributed by atoms with Gasteiger partial charge in [-0.25, -0.2) is 0 Å². The van der Waals surface area contributed by atoms with Crippen molar-refractivity contribution < 1.29 is 10.2 Å². The van der Waals surface area contributed by atoms with Crippen LogP contribution < -0.4 is 0 Å². The van der Waals surface area contributed by atoms with Gasteiger partial charge in [0.1, 0.15) is 0 Å². The molecule has 0 amide bonds. The molecule has 0 bridgehead atoms. The Morgan fingerprint density at radius 3 is 1.25 bits per heavy atom. The van der Waals surface area contributed by atoms with Gasteiger partial charge in [0.2, 0.25) is 0 Å².